The topological polar surface area (TPSA) is 204 Å². The fourth-order valence-electron chi connectivity index (χ4n) is 7.46. The van der Waals surface area contributed by atoms with E-state index in [4.69, 9.17) is 34.4 Å². The van der Waals surface area contributed by atoms with Crippen LogP contribution in [0.25, 0.3) is 20.9 Å². The normalized spacial score (nSPS) is 29.2. The van der Waals surface area contributed by atoms with Crippen LogP contribution in [0.3, 0.4) is 0 Å². The summed E-state index contributed by atoms with van der Waals surface area (Å²) in [4.78, 5) is 5.77. The second-order valence-corrected chi connectivity index (χ2v) is 20.0. The summed E-state index contributed by atoms with van der Waals surface area (Å²) in [6.45, 7) is 18.1. The van der Waals surface area contributed by atoms with E-state index >= 15 is 0 Å². The fraction of sp³-hybridized carbons (Fsp3) is 0.676. The van der Waals surface area contributed by atoms with Crippen molar-refractivity contribution in [3.63, 3.8) is 0 Å². The molecule has 2 aliphatic rings. The van der Waals surface area contributed by atoms with Crippen LogP contribution < -0.4 is 0 Å². The number of ether oxygens (including phenoxy) is 4. The quantitative estimate of drug-likeness (QED) is 0.0724. The van der Waals surface area contributed by atoms with Gasteiger partial charge < -0.3 is 38.7 Å². The predicted octanol–water partition coefficient (Wildman–Crippen LogP) is 7.39. The molecule has 0 aliphatic carbocycles. The van der Waals surface area contributed by atoms with E-state index in [0.29, 0.717) is 29.8 Å². The van der Waals surface area contributed by atoms with Gasteiger partial charge >= 0.3 is 0 Å². The lowest BCUT2D eigenvalue weighted by Gasteiger charge is -2.49. The summed E-state index contributed by atoms with van der Waals surface area (Å²) in [6.07, 6.45) is -5.08. The van der Waals surface area contributed by atoms with Gasteiger partial charge in [-0.2, -0.15) is 0 Å². The van der Waals surface area contributed by atoms with Gasteiger partial charge in [0.05, 0.1) is 50.7 Å². The molecule has 2 saturated heterocycles. The third-order valence-electron chi connectivity index (χ3n) is 10.3. The third-order valence-corrected chi connectivity index (χ3v) is 16.4. The molecular formula is C37H58N6O8Si. The second kappa shape index (κ2) is 21.0. The zero-order valence-corrected chi connectivity index (χ0v) is 32.7. The van der Waals surface area contributed by atoms with E-state index in [-0.39, 0.29) is 19.1 Å². The van der Waals surface area contributed by atoms with Crippen molar-refractivity contribution in [1.82, 2.24) is 0 Å². The van der Waals surface area contributed by atoms with Crippen molar-refractivity contribution < 1.29 is 38.7 Å². The Balaban J connectivity index is 0.000000302. The molecule has 288 valence electrons. The molecule has 4 rings (SSSR count). The minimum Gasteiger partial charge on any atom is -0.390 e. The highest BCUT2D eigenvalue weighted by molar-refractivity contribution is 6.77. The molecule has 10 atom stereocenters. The molecule has 3 N–H and O–H groups in total. The summed E-state index contributed by atoms with van der Waals surface area (Å²) < 4.78 is 29.8. The Morgan fingerprint density at radius 3 is 1.48 bits per heavy atom. The van der Waals surface area contributed by atoms with Gasteiger partial charge in [0, 0.05) is 9.82 Å². The maximum Gasteiger partial charge on any atom is 0.203 e. The number of azide groups is 2. The first kappa shape index (κ1) is 43.4. The zero-order chi connectivity index (χ0) is 38.4. The lowest BCUT2D eigenvalue weighted by Crippen LogP contribution is -2.60. The number of nitrogens with zero attached hydrogens (tertiary/aromatic N) is 6. The van der Waals surface area contributed by atoms with Gasteiger partial charge in [-0.25, -0.2) is 0 Å². The molecule has 2 aliphatic heterocycles. The molecule has 0 radical (unpaired) electrons. The fourth-order valence-corrected chi connectivity index (χ4v) is 12.9. The molecule has 2 aromatic carbocycles. The highest BCUT2D eigenvalue weighted by Crippen LogP contribution is 2.45. The molecule has 0 aromatic heterocycles. The van der Waals surface area contributed by atoms with Crippen molar-refractivity contribution in [1.29, 1.82) is 0 Å². The van der Waals surface area contributed by atoms with Gasteiger partial charge in [-0.15, -0.1) is 0 Å². The highest BCUT2D eigenvalue weighted by Gasteiger charge is 2.51. The minimum atomic E-state index is -2.27. The Hall–Kier alpha value is -3.04. The van der Waals surface area contributed by atoms with Crippen LogP contribution in [0.2, 0.25) is 16.6 Å². The van der Waals surface area contributed by atoms with Gasteiger partial charge in [-0.1, -0.05) is 126 Å². The highest BCUT2D eigenvalue weighted by atomic mass is 28.4. The predicted molar refractivity (Wildman–Crippen MR) is 200 cm³/mol. The van der Waals surface area contributed by atoms with Crippen LogP contribution in [-0.4, -0.2) is 85.9 Å². The van der Waals surface area contributed by atoms with Crippen molar-refractivity contribution >= 4 is 8.32 Å². The van der Waals surface area contributed by atoms with Crippen LogP contribution in [-0.2, 0) is 36.6 Å². The summed E-state index contributed by atoms with van der Waals surface area (Å²) in [5, 5.41) is 38.0. The Labute approximate surface area is 308 Å². The average molecular weight is 743 g/mol. The average Bonchev–Trinajstić information content (AvgIpc) is 3.12. The molecule has 15 heteroatoms. The molecule has 4 unspecified atom stereocenters. The number of benzene rings is 2. The number of hydrogen-bond acceptors (Lipinski definition) is 10. The summed E-state index contributed by atoms with van der Waals surface area (Å²) in [5.41, 5.74) is 20.9. The van der Waals surface area contributed by atoms with Crippen LogP contribution in [0.15, 0.2) is 70.9 Å². The number of rotatable bonds is 15. The monoisotopic (exact) mass is 742 g/mol. The molecule has 14 nitrogen and oxygen atoms in total. The van der Waals surface area contributed by atoms with Gasteiger partial charge in [0.15, 0.2) is 12.6 Å². The number of aliphatic hydroxyl groups is 3. The molecular weight excluding hydrogens is 685 g/mol. The van der Waals surface area contributed by atoms with Gasteiger partial charge in [0.1, 0.15) is 12.2 Å². The lowest BCUT2D eigenvalue weighted by atomic mass is 9.89. The maximum atomic E-state index is 11.0. The third kappa shape index (κ3) is 11.2. The van der Waals surface area contributed by atoms with Crippen molar-refractivity contribution in [2.45, 2.75) is 134 Å². The van der Waals surface area contributed by atoms with Gasteiger partial charge in [0.25, 0.3) is 0 Å². The van der Waals surface area contributed by atoms with E-state index in [1.54, 1.807) is 6.92 Å². The first-order chi connectivity index (χ1) is 24.8. The zero-order valence-electron chi connectivity index (χ0n) is 31.7. The van der Waals surface area contributed by atoms with Gasteiger partial charge in [-0.05, 0) is 50.6 Å². The molecule has 0 bridgehead atoms. The standard InChI is InChI=1S/C23H39N3O4Si.C14H19N3O4/c1-15(2)31(16(3)4,17(5)6)30-23-22(27)18(7)21(25-26-24)20(29-23)14-28-13-19-11-9-8-10-12-19;1-9-12(16-17-15)11(21-14(19)13(9)18)8-20-7-10-5-3-2-4-6-10/h8-12,15-18,20-23,27H,13-14H2,1-7H3;2-6,9,11-14,18-19H,7-8H2,1H3/t18-,20?,21+,22?,23-;9-,11?,12+,13?,14+/m00/s1. The van der Waals surface area contributed by atoms with Crippen LogP contribution in [0.5, 0.6) is 0 Å². The summed E-state index contributed by atoms with van der Waals surface area (Å²) in [7, 11) is -2.27. The SMILES string of the molecule is CC(C)[Si](O[C@@H]1OC(COCc2ccccc2)[C@H](N=[N+]=[N-])[C@H](C)C1O)(C(C)C)C(C)C.C[C@@H]1C(O)[C@H](O)OC(COCc2ccccc2)[C@@H]1N=[N+]=[N-]. The molecule has 2 fully saturated rings. The second-order valence-electron chi connectivity index (χ2n) is 14.6. The first-order valence-corrected chi connectivity index (χ1v) is 20.3. The van der Waals surface area contributed by atoms with Crippen LogP contribution >= 0.6 is 0 Å². The maximum absolute atomic E-state index is 11.0. The van der Waals surface area contributed by atoms with Crippen LogP contribution in [0.4, 0.5) is 0 Å². The Bertz CT molecular complexity index is 1410. The van der Waals surface area contributed by atoms with Crippen molar-refractivity contribution in [3.05, 3.63) is 92.7 Å². The Morgan fingerprint density at radius 2 is 1.08 bits per heavy atom. The van der Waals surface area contributed by atoms with Crippen molar-refractivity contribution in [2.24, 2.45) is 22.1 Å². The molecule has 0 spiro atoms. The molecule has 2 aromatic rings. The van der Waals surface area contributed by atoms with Gasteiger partial charge in [0.2, 0.25) is 8.32 Å². The van der Waals surface area contributed by atoms with E-state index in [9.17, 15) is 15.3 Å². The summed E-state index contributed by atoms with van der Waals surface area (Å²) >= 11 is 0. The van der Waals surface area contributed by atoms with Crippen molar-refractivity contribution in [2.75, 3.05) is 13.2 Å². The smallest absolute Gasteiger partial charge is 0.203 e. The Kier molecular flexibility index (Phi) is 17.5. The molecule has 52 heavy (non-hydrogen) atoms. The largest absolute Gasteiger partial charge is 0.390 e. The minimum absolute atomic E-state index is 0.173. The summed E-state index contributed by atoms with van der Waals surface area (Å²) in [5.74, 6) is -0.715. The summed E-state index contributed by atoms with van der Waals surface area (Å²) in [6, 6.07) is 18.4. The van der Waals surface area contributed by atoms with E-state index in [1.807, 2.05) is 67.6 Å². The van der Waals surface area contributed by atoms with Crippen LogP contribution in [0, 0.1) is 11.8 Å². The Morgan fingerprint density at radius 1 is 0.673 bits per heavy atom. The van der Waals surface area contributed by atoms with Gasteiger partial charge in [-0.3, -0.25) is 0 Å². The molecule has 2 heterocycles. The van der Waals surface area contributed by atoms with Crippen molar-refractivity contribution in [3.8, 4) is 0 Å². The number of hydrogen-bond donors (Lipinski definition) is 3. The molecule has 0 saturated carbocycles. The van der Waals surface area contributed by atoms with E-state index in [2.05, 4.69) is 61.6 Å². The van der Waals surface area contributed by atoms with E-state index in [0.717, 1.165) is 11.1 Å². The number of aliphatic hydroxyl groups excluding tert-OH is 3. The molecule has 0 amide bonds. The first-order valence-electron chi connectivity index (χ1n) is 18.1. The lowest BCUT2D eigenvalue weighted by molar-refractivity contribution is -0.246. The van der Waals surface area contributed by atoms with E-state index < -0.39 is 63.3 Å². The van der Waals surface area contributed by atoms with E-state index in [1.165, 1.54) is 0 Å². The van der Waals surface area contributed by atoms with Crippen LogP contribution in [0.1, 0.15) is 66.5 Å².